The van der Waals surface area contributed by atoms with Gasteiger partial charge in [-0.05, 0) is 42.9 Å². The standard InChI is InChI=1S/C17H27NO/c1-3-5-15-10-11-18(12-15)13-17(19)16-8-6-14(4-2)7-9-16/h6-9,15,17,19H,3-5,10-13H2,1-2H3. The molecule has 0 spiro atoms. The van der Waals surface area contributed by atoms with Crippen molar-refractivity contribution in [2.45, 2.75) is 45.6 Å². The lowest BCUT2D eigenvalue weighted by Gasteiger charge is -2.20. The van der Waals surface area contributed by atoms with Crippen LogP contribution in [-0.4, -0.2) is 29.6 Å². The van der Waals surface area contributed by atoms with Gasteiger partial charge in [0.1, 0.15) is 0 Å². The normalized spacial score (nSPS) is 21.7. The lowest BCUT2D eigenvalue weighted by atomic mass is 10.0. The van der Waals surface area contributed by atoms with Gasteiger partial charge in [0.2, 0.25) is 0 Å². The third-order valence-electron chi connectivity index (χ3n) is 4.27. The van der Waals surface area contributed by atoms with Gasteiger partial charge in [0.25, 0.3) is 0 Å². The molecule has 106 valence electrons. The molecule has 2 nitrogen and oxygen atoms in total. The third-order valence-corrected chi connectivity index (χ3v) is 4.27. The second kappa shape index (κ2) is 7.06. The fourth-order valence-corrected chi connectivity index (χ4v) is 3.05. The van der Waals surface area contributed by atoms with Gasteiger partial charge in [-0.3, -0.25) is 0 Å². The van der Waals surface area contributed by atoms with Gasteiger partial charge in [-0.1, -0.05) is 44.5 Å². The molecule has 1 heterocycles. The Morgan fingerprint density at radius 3 is 2.63 bits per heavy atom. The first-order chi connectivity index (χ1) is 9.22. The van der Waals surface area contributed by atoms with E-state index in [1.54, 1.807) is 0 Å². The summed E-state index contributed by atoms with van der Waals surface area (Å²) < 4.78 is 0. The molecule has 0 bridgehead atoms. The van der Waals surface area contributed by atoms with Gasteiger partial charge in [0, 0.05) is 13.1 Å². The van der Waals surface area contributed by atoms with E-state index in [-0.39, 0.29) is 6.10 Å². The Bertz CT molecular complexity index is 373. The zero-order valence-corrected chi connectivity index (χ0v) is 12.3. The van der Waals surface area contributed by atoms with E-state index in [9.17, 15) is 5.11 Å². The third kappa shape index (κ3) is 4.05. The highest BCUT2D eigenvalue weighted by molar-refractivity contribution is 5.24. The number of rotatable bonds is 6. The lowest BCUT2D eigenvalue weighted by Crippen LogP contribution is -2.26. The van der Waals surface area contributed by atoms with Crippen molar-refractivity contribution < 1.29 is 5.11 Å². The summed E-state index contributed by atoms with van der Waals surface area (Å²) in [5.74, 6) is 0.847. The topological polar surface area (TPSA) is 23.5 Å². The predicted octanol–water partition coefficient (Wildman–Crippen LogP) is 3.40. The number of aliphatic hydroxyl groups is 1. The van der Waals surface area contributed by atoms with Crippen molar-refractivity contribution in [3.63, 3.8) is 0 Å². The molecule has 19 heavy (non-hydrogen) atoms. The molecule has 2 atom stereocenters. The van der Waals surface area contributed by atoms with Crippen LogP contribution < -0.4 is 0 Å². The summed E-state index contributed by atoms with van der Waals surface area (Å²) in [7, 11) is 0. The monoisotopic (exact) mass is 261 g/mol. The number of hydrogen-bond donors (Lipinski definition) is 1. The maximum absolute atomic E-state index is 10.3. The van der Waals surface area contributed by atoms with E-state index in [4.69, 9.17) is 0 Å². The largest absolute Gasteiger partial charge is 0.387 e. The van der Waals surface area contributed by atoms with Gasteiger partial charge in [-0.2, -0.15) is 0 Å². The molecule has 0 aliphatic carbocycles. The minimum atomic E-state index is -0.341. The number of likely N-dealkylation sites (tertiary alicyclic amines) is 1. The first-order valence-electron chi connectivity index (χ1n) is 7.72. The van der Waals surface area contributed by atoms with Crippen molar-refractivity contribution in [1.82, 2.24) is 4.90 Å². The van der Waals surface area contributed by atoms with Crippen LogP contribution in [-0.2, 0) is 6.42 Å². The average molecular weight is 261 g/mol. The number of aryl methyl sites for hydroxylation is 1. The summed E-state index contributed by atoms with van der Waals surface area (Å²) >= 11 is 0. The lowest BCUT2D eigenvalue weighted by molar-refractivity contribution is 0.124. The van der Waals surface area contributed by atoms with Crippen LogP contribution in [0, 0.1) is 5.92 Å². The minimum Gasteiger partial charge on any atom is -0.387 e. The molecular weight excluding hydrogens is 234 g/mol. The van der Waals surface area contributed by atoms with Gasteiger partial charge >= 0.3 is 0 Å². The number of aliphatic hydroxyl groups excluding tert-OH is 1. The molecule has 1 N–H and O–H groups in total. The van der Waals surface area contributed by atoms with Gasteiger partial charge < -0.3 is 10.0 Å². The van der Waals surface area contributed by atoms with Crippen LogP contribution in [0.5, 0.6) is 0 Å². The molecule has 1 saturated heterocycles. The van der Waals surface area contributed by atoms with Crippen LogP contribution in [0.25, 0.3) is 0 Å². The van der Waals surface area contributed by atoms with E-state index in [0.717, 1.165) is 37.5 Å². The summed E-state index contributed by atoms with van der Waals surface area (Å²) in [5, 5.41) is 10.3. The van der Waals surface area contributed by atoms with Crippen LogP contribution in [0.1, 0.15) is 50.3 Å². The SMILES string of the molecule is CCCC1CCN(CC(O)c2ccc(CC)cc2)C1. The molecule has 1 aromatic rings. The molecule has 1 aromatic carbocycles. The zero-order valence-electron chi connectivity index (χ0n) is 12.3. The first kappa shape index (κ1) is 14.5. The molecular formula is C17H27NO. The fourth-order valence-electron chi connectivity index (χ4n) is 3.05. The molecule has 2 heteroatoms. The van der Waals surface area contributed by atoms with Crippen molar-refractivity contribution in [2.75, 3.05) is 19.6 Å². The Morgan fingerprint density at radius 1 is 1.26 bits per heavy atom. The second-order valence-corrected chi connectivity index (χ2v) is 5.81. The molecule has 0 radical (unpaired) electrons. The van der Waals surface area contributed by atoms with E-state index in [2.05, 4.69) is 43.0 Å². The second-order valence-electron chi connectivity index (χ2n) is 5.81. The number of benzene rings is 1. The van der Waals surface area contributed by atoms with Crippen molar-refractivity contribution in [1.29, 1.82) is 0 Å². The fraction of sp³-hybridized carbons (Fsp3) is 0.647. The molecule has 0 aromatic heterocycles. The van der Waals surface area contributed by atoms with Crippen LogP contribution in [0.4, 0.5) is 0 Å². The Morgan fingerprint density at radius 2 is 2.00 bits per heavy atom. The first-order valence-corrected chi connectivity index (χ1v) is 7.72. The highest BCUT2D eigenvalue weighted by Crippen LogP contribution is 2.23. The van der Waals surface area contributed by atoms with Crippen LogP contribution in [0.3, 0.4) is 0 Å². The molecule has 0 amide bonds. The molecule has 0 saturated carbocycles. The number of hydrogen-bond acceptors (Lipinski definition) is 2. The summed E-state index contributed by atoms with van der Waals surface area (Å²) in [6, 6.07) is 8.40. The van der Waals surface area contributed by atoms with Gasteiger partial charge in [0.15, 0.2) is 0 Å². The van der Waals surface area contributed by atoms with Crippen LogP contribution in [0.2, 0.25) is 0 Å². The smallest absolute Gasteiger partial charge is 0.0916 e. The summed E-state index contributed by atoms with van der Waals surface area (Å²) in [5.41, 5.74) is 2.39. The number of nitrogens with zero attached hydrogens (tertiary/aromatic N) is 1. The Kier molecular flexibility index (Phi) is 5.41. The van der Waals surface area contributed by atoms with E-state index < -0.39 is 0 Å². The molecule has 1 aliphatic rings. The van der Waals surface area contributed by atoms with Crippen molar-refractivity contribution >= 4 is 0 Å². The Labute approximate surface area is 117 Å². The average Bonchev–Trinajstić information content (AvgIpc) is 2.86. The summed E-state index contributed by atoms with van der Waals surface area (Å²) in [6.45, 7) is 7.51. The highest BCUT2D eigenvalue weighted by atomic mass is 16.3. The summed E-state index contributed by atoms with van der Waals surface area (Å²) in [4.78, 5) is 2.42. The van der Waals surface area contributed by atoms with E-state index in [0.29, 0.717) is 0 Å². The van der Waals surface area contributed by atoms with Gasteiger partial charge in [-0.15, -0.1) is 0 Å². The van der Waals surface area contributed by atoms with E-state index in [1.807, 2.05) is 0 Å². The quantitative estimate of drug-likeness (QED) is 0.848. The molecule has 1 aliphatic heterocycles. The van der Waals surface area contributed by atoms with Crippen LogP contribution >= 0.6 is 0 Å². The van der Waals surface area contributed by atoms with E-state index in [1.165, 1.54) is 24.8 Å². The Hall–Kier alpha value is -0.860. The highest BCUT2D eigenvalue weighted by Gasteiger charge is 2.23. The van der Waals surface area contributed by atoms with Crippen molar-refractivity contribution in [3.8, 4) is 0 Å². The van der Waals surface area contributed by atoms with Gasteiger partial charge in [0.05, 0.1) is 6.10 Å². The maximum Gasteiger partial charge on any atom is 0.0916 e. The van der Waals surface area contributed by atoms with Gasteiger partial charge in [-0.25, -0.2) is 0 Å². The maximum atomic E-state index is 10.3. The molecule has 1 fully saturated rings. The zero-order chi connectivity index (χ0) is 13.7. The van der Waals surface area contributed by atoms with Crippen molar-refractivity contribution in [3.05, 3.63) is 35.4 Å². The summed E-state index contributed by atoms with van der Waals surface area (Å²) in [6.07, 6.45) is 4.62. The Balaban J connectivity index is 1.85. The van der Waals surface area contributed by atoms with E-state index >= 15 is 0 Å². The molecule has 2 unspecified atom stereocenters. The minimum absolute atomic E-state index is 0.341. The van der Waals surface area contributed by atoms with Crippen molar-refractivity contribution in [2.24, 2.45) is 5.92 Å². The molecule has 2 rings (SSSR count). The number of β-amino-alcohol motifs (C(OH)–C–C–N with tert-alkyl or cyclic N) is 1. The van der Waals surface area contributed by atoms with Crippen LogP contribution in [0.15, 0.2) is 24.3 Å². The predicted molar refractivity (Wildman–Crippen MR) is 80.2 cm³/mol.